The molecule has 0 saturated carbocycles. The van der Waals surface area contributed by atoms with Gasteiger partial charge in [0, 0.05) is 11.6 Å². The Hall–Kier alpha value is -3.43. The molecule has 2 N–H and O–H groups in total. The number of aliphatic carboxylic acids is 1. The number of carboxylic acid groups (broad SMARTS) is 1. The van der Waals surface area contributed by atoms with Crippen molar-refractivity contribution in [3.8, 4) is 23.3 Å². The van der Waals surface area contributed by atoms with Crippen molar-refractivity contribution < 1.29 is 45.7 Å². The minimum absolute atomic E-state index is 0.193. The quantitative estimate of drug-likeness (QED) is 0.585. The fourth-order valence-electron chi connectivity index (χ4n) is 2.72. The van der Waals surface area contributed by atoms with Gasteiger partial charge in [-0.3, -0.25) is 4.72 Å². The van der Waals surface area contributed by atoms with E-state index in [-0.39, 0.29) is 28.5 Å². The molecular formula is C22H20F3NO7S. The number of ether oxygens (including phenoxy) is 3. The van der Waals surface area contributed by atoms with Crippen LogP contribution in [0.25, 0.3) is 0 Å². The average molecular weight is 499 g/mol. The van der Waals surface area contributed by atoms with Crippen LogP contribution in [0.5, 0.6) is 11.5 Å². The summed E-state index contributed by atoms with van der Waals surface area (Å²) in [6.45, 7) is 2.72. The molecule has 0 bridgehead atoms. The van der Waals surface area contributed by atoms with Crippen LogP contribution in [0, 0.1) is 11.8 Å². The summed E-state index contributed by atoms with van der Waals surface area (Å²) in [5, 5.41) is 9.05. The van der Waals surface area contributed by atoms with Gasteiger partial charge in [-0.2, -0.15) is 13.2 Å². The van der Waals surface area contributed by atoms with Crippen LogP contribution in [0.2, 0.25) is 0 Å². The van der Waals surface area contributed by atoms with E-state index in [4.69, 9.17) is 19.3 Å². The first kappa shape index (κ1) is 25.2. The highest BCUT2D eigenvalue weighted by Crippen LogP contribution is 2.34. The molecule has 12 heteroatoms. The van der Waals surface area contributed by atoms with Gasteiger partial charge in [0.1, 0.15) is 19.8 Å². The first-order valence-corrected chi connectivity index (χ1v) is 11.3. The second-order valence-corrected chi connectivity index (χ2v) is 9.26. The smallest absolute Gasteiger partial charge is 0.416 e. The van der Waals surface area contributed by atoms with E-state index in [0.29, 0.717) is 18.4 Å². The Kier molecular flexibility index (Phi) is 6.99. The van der Waals surface area contributed by atoms with Crippen molar-refractivity contribution in [3.05, 3.63) is 47.5 Å². The van der Waals surface area contributed by atoms with Crippen molar-refractivity contribution in [2.75, 3.05) is 24.5 Å². The van der Waals surface area contributed by atoms with Crippen LogP contribution in [-0.4, -0.2) is 44.9 Å². The number of halogens is 3. The standard InChI is InChI=1S/C22H20F3NO7S/c1-21(2,20(27)28)33-9-3-4-14-12-15(22(23,24)25)5-7-17(14)26-34(29,30)16-6-8-18-19(13-16)32-11-10-31-18/h5-8,12-13,26H,9-11H2,1-2H3,(H,27,28). The second-order valence-electron chi connectivity index (χ2n) is 7.58. The number of carboxylic acids is 1. The van der Waals surface area contributed by atoms with Gasteiger partial charge in [-0.15, -0.1) is 0 Å². The molecule has 34 heavy (non-hydrogen) atoms. The third-order valence-corrected chi connectivity index (χ3v) is 6.02. The maximum atomic E-state index is 13.2. The molecule has 1 aliphatic heterocycles. The number of alkyl halides is 3. The lowest BCUT2D eigenvalue weighted by Crippen LogP contribution is -2.34. The van der Waals surface area contributed by atoms with Gasteiger partial charge in [0.15, 0.2) is 17.1 Å². The van der Waals surface area contributed by atoms with Gasteiger partial charge >= 0.3 is 12.1 Å². The molecule has 3 rings (SSSR count). The summed E-state index contributed by atoms with van der Waals surface area (Å²) in [6, 6.07) is 6.29. The largest absolute Gasteiger partial charge is 0.486 e. The van der Waals surface area contributed by atoms with Crippen LogP contribution in [0.4, 0.5) is 18.9 Å². The molecule has 1 heterocycles. The molecule has 2 aromatic rings. The van der Waals surface area contributed by atoms with Crippen molar-refractivity contribution in [2.45, 2.75) is 30.5 Å². The number of fused-ring (bicyclic) bond motifs is 1. The summed E-state index contributed by atoms with van der Waals surface area (Å²) in [7, 11) is -4.23. The highest BCUT2D eigenvalue weighted by atomic mass is 32.2. The second kappa shape index (κ2) is 9.44. The number of rotatable bonds is 6. The predicted octanol–water partition coefficient (Wildman–Crippen LogP) is 3.51. The zero-order chi connectivity index (χ0) is 25.1. The third kappa shape index (κ3) is 5.92. The maximum absolute atomic E-state index is 13.2. The molecule has 0 fully saturated rings. The van der Waals surface area contributed by atoms with Gasteiger partial charge in [0.2, 0.25) is 0 Å². The monoisotopic (exact) mass is 499 g/mol. The van der Waals surface area contributed by atoms with Crippen LogP contribution in [0.1, 0.15) is 25.0 Å². The Morgan fingerprint density at radius 3 is 2.44 bits per heavy atom. The molecule has 0 unspecified atom stereocenters. The number of carbonyl (C=O) groups is 1. The first-order valence-electron chi connectivity index (χ1n) is 9.79. The van der Waals surface area contributed by atoms with Gasteiger partial charge in [-0.25, -0.2) is 13.2 Å². The Balaban J connectivity index is 1.91. The van der Waals surface area contributed by atoms with Crippen LogP contribution >= 0.6 is 0 Å². The molecule has 1 aliphatic rings. The van der Waals surface area contributed by atoms with Crippen molar-refractivity contribution in [2.24, 2.45) is 0 Å². The van der Waals surface area contributed by atoms with Crippen LogP contribution in [-0.2, 0) is 25.7 Å². The average Bonchev–Trinajstić information content (AvgIpc) is 2.76. The lowest BCUT2D eigenvalue weighted by Gasteiger charge is -2.19. The number of nitrogens with one attached hydrogen (secondary N) is 1. The highest BCUT2D eigenvalue weighted by molar-refractivity contribution is 7.92. The van der Waals surface area contributed by atoms with Crippen molar-refractivity contribution in [1.82, 2.24) is 0 Å². The minimum atomic E-state index is -4.69. The van der Waals surface area contributed by atoms with E-state index in [1.165, 1.54) is 32.0 Å². The molecule has 0 atom stereocenters. The molecular weight excluding hydrogens is 479 g/mol. The van der Waals surface area contributed by atoms with Crippen molar-refractivity contribution in [3.63, 3.8) is 0 Å². The number of sulfonamides is 1. The molecule has 0 spiro atoms. The Bertz CT molecular complexity index is 1260. The summed E-state index contributed by atoms with van der Waals surface area (Å²) in [4.78, 5) is 10.9. The van der Waals surface area contributed by atoms with Gasteiger partial charge in [0.05, 0.1) is 16.1 Å². The molecule has 0 aliphatic carbocycles. The Morgan fingerprint density at radius 1 is 1.12 bits per heavy atom. The summed E-state index contributed by atoms with van der Waals surface area (Å²) in [5.41, 5.74) is -3.07. The lowest BCUT2D eigenvalue weighted by molar-refractivity contribution is -0.159. The molecule has 182 valence electrons. The highest BCUT2D eigenvalue weighted by Gasteiger charge is 2.31. The number of hydrogen-bond donors (Lipinski definition) is 2. The van der Waals surface area contributed by atoms with E-state index >= 15 is 0 Å². The van der Waals surface area contributed by atoms with Crippen LogP contribution < -0.4 is 14.2 Å². The topological polar surface area (TPSA) is 111 Å². The number of anilines is 1. The normalized spacial score (nSPS) is 13.6. The molecule has 0 saturated heterocycles. The van der Waals surface area contributed by atoms with Gasteiger partial charge in [-0.05, 0) is 44.2 Å². The van der Waals surface area contributed by atoms with Crippen molar-refractivity contribution >= 4 is 21.7 Å². The summed E-state index contributed by atoms with van der Waals surface area (Å²) < 4.78 is 83.4. The van der Waals surface area contributed by atoms with Gasteiger partial charge in [0.25, 0.3) is 10.0 Å². The molecule has 0 radical (unpaired) electrons. The van der Waals surface area contributed by atoms with Gasteiger partial charge in [-0.1, -0.05) is 11.8 Å². The Labute approximate surface area is 193 Å². The van der Waals surface area contributed by atoms with E-state index in [1.54, 1.807) is 0 Å². The van der Waals surface area contributed by atoms with E-state index in [1.807, 2.05) is 0 Å². The fourth-order valence-corrected chi connectivity index (χ4v) is 3.81. The SMILES string of the molecule is CC(C)(OCC#Cc1cc(C(F)(F)F)ccc1NS(=O)(=O)c1ccc2c(c1)OCCO2)C(=O)O. The van der Waals surface area contributed by atoms with Crippen LogP contribution in [0.15, 0.2) is 41.3 Å². The van der Waals surface area contributed by atoms with Crippen LogP contribution in [0.3, 0.4) is 0 Å². The fraction of sp³-hybridized carbons (Fsp3) is 0.318. The molecule has 0 amide bonds. The summed E-state index contributed by atoms with van der Waals surface area (Å²) >= 11 is 0. The molecule has 0 aromatic heterocycles. The number of benzene rings is 2. The lowest BCUT2D eigenvalue weighted by atomic mass is 10.1. The van der Waals surface area contributed by atoms with E-state index in [9.17, 15) is 26.4 Å². The zero-order valence-corrected chi connectivity index (χ0v) is 18.8. The summed E-state index contributed by atoms with van der Waals surface area (Å²) in [6.07, 6.45) is -4.69. The maximum Gasteiger partial charge on any atom is 0.416 e. The first-order chi connectivity index (χ1) is 15.8. The zero-order valence-electron chi connectivity index (χ0n) is 18.0. The Morgan fingerprint density at radius 2 is 1.79 bits per heavy atom. The molecule has 8 nitrogen and oxygen atoms in total. The summed E-state index contributed by atoms with van der Waals surface area (Å²) in [5.74, 6) is 4.19. The minimum Gasteiger partial charge on any atom is -0.486 e. The van der Waals surface area contributed by atoms with E-state index < -0.39 is 39.9 Å². The third-order valence-electron chi connectivity index (χ3n) is 4.66. The van der Waals surface area contributed by atoms with Crippen molar-refractivity contribution in [1.29, 1.82) is 0 Å². The van der Waals surface area contributed by atoms with E-state index in [2.05, 4.69) is 16.6 Å². The van der Waals surface area contributed by atoms with Gasteiger partial charge < -0.3 is 19.3 Å². The molecule has 2 aromatic carbocycles. The number of hydrogen-bond acceptors (Lipinski definition) is 6. The predicted molar refractivity (Wildman–Crippen MR) is 114 cm³/mol. The van der Waals surface area contributed by atoms with E-state index in [0.717, 1.165) is 12.1 Å².